The van der Waals surface area contributed by atoms with Gasteiger partial charge in [-0.25, -0.2) is 8.42 Å². The second-order valence-electron chi connectivity index (χ2n) is 4.85. The summed E-state index contributed by atoms with van der Waals surface area (Å²) in [5.74, 6) is -0.239. The third kappa shape index (κ3) is 2.15. The summed E-state index contributed by atoms with van der Waals surface area (Å²) in [6.45, 7) is 1.76. The first-order valence-electron chi connectivity index (χ1n) is 6.20. The molecule has 19 heavy (non-hydrogen) atoms. The number of ether oxygens (including phenoxy) is 1. The molecule has 0 bridgehead atoms. The zero-order valence-corrected chi connectivity index (χ0v) is 11.9. The molecule has 5 heteroatoms. The van der Waals surface area contributed by atoms with Gasteiger partial charge in [-0.2, -0.15) is 5.26 Å². The Morgan fingerprint density at radius 3 is 2.47 bits per heavy atom. The third-order valence-corrected chi connectivity index (χ3v) is 6.07. The molecule has 1 aromatic carbocycles. The number of methoxy groups -OCH3 is 1. The van der Waals surface area contributed by atoms with E-state index in [-0.39, 0.29) is 18.3 Å². The number of sulfone groups is 1. The topological polar surface area (TPSA) is 67.2 Å². The van der Waals surface area contributed by atoms with Crippen LogP contribution in [0.3, 0.4) is 0 Å². The maximum absolute atomic E-state index is 12.2. The molecule has 0 heterocycles. The lowest BCUT2D eigenvalue weighted by molar-refractivity contribution is 0.162. The average molecular weight is 279 g/mol. The van der Waals surface area contributed by atoms with Crippen molar-refractivity contribution in [1.29, 1.82) is 5.26 Å². The van der Waals surface area contributed by atoms with E-state index in [1.165, 1.54) is 7.11 Å². The molecule has 0 saturated heterocycles. The molecule has 0 amide bonds. The zero-order chi connectivity index (χ0) is 14.1. The van der Waals surface area contributed by atoms with Crippen LogP contribution in [0.15, 0.2) is 30.3 Å². The number of nitriles is 1. The van der Waals surface area contributed by atoms with Crippen LogP contribution in [0.1, 0.15) is 18.4 Å². The largest absolute Gasteiger partial charge is 0.383 e. The van der Waals surface area contributed by atoms with Crippen LogP contribution >= 0.6 is 0 Å². The van der Waals surface area contributed by atoms with Crippen LogP contribution in [-0.4, -0.2) is 33.1 Å². The first kappa shape index (κ1) is 14.0. The smallest absolute Gasteiger partial charge is 0.155 e. The maximum atomic E-state index is 12.2. The standard InChI is InChI=1S/C14H17NO3S/c1-3-19(16,17)13-12(11-7-5-4-6-8-11)14(13,9-15)10-18-2/h4-8,12-13H,3,10H2,1-2H3/t12-,13-,14+/m1/s1. The van der Waals surface area contributed by atoms with Gasteiger partial charge < -0.3 is 4.74 Å². The van der Waals surface area contributed by atoms with Gasteiger partial charge in [0.15, 0.2) is 9.84 Å². The number of benzene rings is 1. The Morgan fingerprint density at radius 2 is 2.00 bits per heavy atom. The zero-order valence-electron chi connectivity index (χ0n) is 11.0. The van der Waals surface area contributed by atoms with E-state index in [1.54, 1.807) is 6.92 Å². The van der Waals surface area contributed by atoms with Crippen molar-refractivity contribution < 1.29 is 13.2 Å². The maximum Gasteiger partial charge on any atom is 0.155 e. The van der Waals surface area contributed by atoms with E-state index in [0.29, 0.717) is 0 Å². The lowest BCUT2D eigenvalue weighted by atomic mass is 10.0. The normalized spacial score (nSPS) is 29.7. The molecule has 0 aliphatic heterocycles. The van der Waals surface area contributed by atoms with Gasteiger partial charge in [0, 0.05) is 18.8 Å². The van der Waals surface area contributed by atoms with E-state index in [0.717, 1.165) is 5.56 Å². The number of rotatable bonds is 5. The van der Waals surface area contributed by atoms with Gasteiger partial charge in [-0.05, 0) is 5.56 Å². The van der Waals surface area contributed by atoms with Crippen molar-refractivity contribution in [2.45, 2.75) is 18.1 Å². The van der Waals surface area contributed by atoms with E-state index >= 15 is 0 Å². The van der Waals surface area contributed by atoms with Crippen LogP contribution in [0.4, 0.5) is 0 Å². The van der Waals surface area contributed by atoms with E-state index in [9.17, 15) is 13.7 Å². The van der Waals surface area contributed by atoms with Crippen molar-refractivity contribution in [2.75, 3.05) is 19.5 Å². The molecule has 0 unspecified atom stereocenters. The van der Waals surface area contributed by atoms with Crippen molar-refractivity contribution in [3.8, 4) is 6.07 Å². The van der Waals surface area contributed by atoms with E-state index in [1.807, 2.05) is 30.3 Å². The third-order valence-electron chi connectivity index (χ3n) is 3.80. The summed E-state index contributed by atoms with van der Waals surface area (Å²) in [6, 6.07) is 11.5. The molecular formula is C14H17NO3S. The minimum Gasteiger partial charge on any atom is -0.383 e. The van der Waals surface area contributed by atoms with E-state index < -0.39 is 20.5 Å². The molecule has 4 nitrogen and oxygen atoms in total. The summed E-state index contributed by atoms with van der Waals surface area (Å²) in [5, 5.41) is 8.80. The van der Waals surface area contributed by atoms with Gasteiger partial charge in [-0.1, -0.05) is 37.3 Å². The Morgan fingerprint density at radius 1 is 1.37 bits per heavy atom. The minimum atomic E-state index is -3.27. The molecule has 0 aromatic heterocycles. The molecule has 1 saturated carbocycles. The molecule has 1 fully saturated rings. The summed E-state index contributed by atoms with van der Waals surface area (Å²) in [7, 11) is -1.77. The fourth-order valence-corrected chi connectivity index (χ4v) is 4.82. The Hall–Kier alpha value is -1.38. The fraction of sp³-hybridized carbons (Fsp3) is 0.500. The van der Waals surface area contributed by atoms with Crippen molar-refractivity contribution in [3.63, 3.8) is 0 Å². The van der Waals surface area contributed by atoms with Gasteiger partial charge in [0.25, 0.3) is 0 Å². The molecule has 0 radical (unpaired) electrons. The van der Waals surface area contributed by atoms with Gasteiger partial charge in [0.1, 0.15) is 5.41 Å². The quantitative estimate of drug-likeness (QED) is 0.823. The van der Waals surface area contributed by atoms with Gasteiger partial charge >= 0.3 is 0 Å². The second-order valence-corrected chi connectivity index (χ2v) is 7.26. The first-order chi connectivity index (χ1) is 9.03. The second kappa shape index (κ2) is 4.95. The molecular weight excluding hydrogens is 262 g/mol. The minimum absolute atomic E-state index is 0.0497. The lowest BCUT2D eigenvalue weighted by Crippen LogP contribution is -2.20. The summed E-state index contributed by atoms with van der Waals surface area (Å²) in [4.78, 5) is 0. The van der Waals surface area contributed by atoms with Crippen molar-refractivity contribution >= 4 is 9.84 Å². The number of nitrogens with zero attached hydrogens (tertiary/aromatic N) is 1. The van der Waals surface area contributed by atoms with Crippen molar-refractivity contribution in [1.82, 2.24) is 0 Å². The van der Waals surface area contributed by atoms with Gasteiger partial charge in [-0.15, -0.1) is 0 Å². The van der Waals surface area contributed by atoms with Crippen LogP contribution in [-0.2, 0) is 14.6 Å². The summed E-state index contributed by atoms with van der Waals surface area (Å²) >= 11 is 0. The highest BCUT2D eigenvalue weighted by Gasteiger charge is 2.71. The summed E-state index contributed by atoms with van der Waals surface area (Å²) < 4.78 is 29.5. The Balaban J connectivity index is 2.45. The predicted molar refractivity (Wildman–Crippen MR) is 72.4 cm³/mol. The van der Waals surface area contributed by atoms with Gasteiger partial charge in [0.05, 0.1) is 17.9 Å². The van der Waals surface area contributed by atoms with Crippen LogP contribution in [0.25, 0.3) is 0 Å². The lowest BCUT2D eigenvalue weighted by Gasteiger charge is -2.07. The fourth-order valence-electron chi connectivity index (χ4n) is 2.82. The van der Waals surface area contributed by atoms with Crippen molar-refractivity contribution in [3.05, 3.63) is 35.9 Å². The van der Waals surface area contributed by atoms with Crippen LogP contribution in [0, 0.1) is 16.7 Å². The number of hydrogen-bond donors (Lipinski definition) is 0. The molecule has 3 atom stereocenters. The Bertz CT molecular complexity index is 591. The highest BCUT2D eigenvalue weighted by molar-refractivity contribution is 7.92. The van der Waals surface area contributed by atoms with Crippen LogP contribution in [0.2, 0.25) is 0 Å². The summed E-state index contributed by atoms with van der Waals surface area (Å²) in [5.41, 5.74) is -0.0478. The highest BCUT2D eigenvalue weighted by atomic mass is 32.2. The van der Waals surface area contributed by atoms with Gasteiger partial charge in [-0.3, -0.25) is 0 Å². The van der Waals surface area contributed by atoms with Crippen LogP contribution in [0.5, 0.6) is 0 Å². The predicted octanol–water partition coefficient (Wildman–Crippen LogP) is 1.74. The average Bonchev–Trinajstić information content (AvgIpc) is 3.10. The summed E-state index contributed by atoms with van der Waals surface area (Å²) in [6.07, 6.45) is 0. The monoisotopic (exact) mass is 279 g/mol. The number of hydrogen-bond acceptors (Lipinski definition) is 4. The van der Waals surface area contributed by atoms with Gasteiger partial charge in [0.2, 0.25) is 0 Å². The molecule has 1 aliphatic carbocycles. The van der Waals surface area contributed by atoms with Crippen molar-refractivity contribution in [2.24, 2.45) is 5.41 Å². The van der Waals surface area contributed by atoms with E-state index in [4.69, 9.17) is 4.74 Å². The Labute approximate surface area is 113 Å². The Kier molecular flexibility index (Phi) is 3.66. The SMILES string of the molecule is CCS(=O)(=O)[C@@H]1[C@@H](c2ccccc2)[C@]1(C#N)COC. The molecule has 1 aliphatic rings. The molecule has 1 aromatic rings. The molecule has 0 spiro atoms. The molecule has 102 valence electrons. The first-order valence-corrected chi connectivity index (χ1v) is 7.91. The van der Waals surface area contributed by atoms with Crippen LogP contribution < -0.4 is 0 Å². The highest BCUT2D eigenvalue weighted by Crippen LogP contribution is 2.62. The molecule has 0 N–H and O–H groups in total. The molecule has 2 rings (SSSR count). The van der Waals surface area contributed by atoms with E-state index in [2.05, 4.69) is 6.07 Å².